The number of nitrogens with one attached hydrogen (secondary N) is 2. The fraction of sp³-hybridized carbons (Fsp3) is 0.308. The lowest BCUT2D eigenvalue weighted by molar-refractivity contribution is -0.130. The van der Waals surface area contributed by atoms with E-state index in [4.69, 9.17) is 0 Å². The molecule has 4 aromatic rings. The van der Waals surface area contributed by atoms with Gasteiger partial charge in [0.2, 0.25) is 5.91 Å². The Hall–Kier alpha value is -3.94. The number of amides is 2. The summed E-state index contributed by atoms with van der Waals surface area (Å²) in [5.41, 5.74) is 3.09. The third-order valence-corrected chi connectivity index (χ3v) is 6.51. The molecule has 1 saturated carbocycles. The Kier molecular flexibility index (Phi) is 5.88. The maximum Gasteiger partial charge on any atom is 0.270 e. The van der Waals surface area contributed by atoms with Crippen LogP contribution in [0.25, 0.3) is 16.6 Å². The Labute approximate surface area is 196 Å². The molecule has 1 fully saturated rings. The molecule has 0 bridgehead atoms. The number of hydrogen-bond donors (Lipinski definition) is 2. The predicted molar refractivity (Wildman–Crippen MR) is 129 cm³/mol. The second kappa shape index (κ2) is 9.13. The van der Waals surface area contributed by atoms with Gasteiger partial charge in [-0.25, -0.2) is 4.98 Å². The third-order valence-electron chi connectivity index (χ3n) is 6.51. The number of pyridine rings is 1. The first-order valence-electron chi connectivity index (χ1n) is 11.6. The van der Waals surface area contributed by atoms with Gasteiger partial charge in [0.1, 0.15) is 11.3 Å². The summed E-state index contributed by atoms with van der Waals surface area (Å²) >= 11 is 0. The van der Waals surface area contributed by atoms with Gasteiger partial charge in [-0.2, -0.15) is 0 Å². The summed E-state index contributed by atoms with van der Waals surface area (Å²) in [5, 5.41) is 3.90. The van der Waals surface area contributed by atoms with Crippen LogP contribution >= 0.6 is 0 Å². The van der Waals surface area contributed by atoms with Crippen LogP contribution in [0.5, 0.6) is 0 Å². The molecule has 8 heteroatoms. The molecule has 0 aliphatic heterocycles. The zero-order chi connectivity index (χ0) is 23.7. The van der Waals surface area contributed by atoms with E-state index in [0.717, 1.165) is 28.7 Å². The number of carbonyl (C=O) groups excluding carboxylic acids is 2. The number of fused-ring (bicyclic) bond motifs is 2. The highest BCUT2D eigenvalue weighted by Crippen LogP contribution is 2.28. The van der Waals surface area contributed by atoms with Crippen molar-refractivity contribution in [2.24, 2.45) is 5.92 Å². The first kappa shape index (κ1) is 21.9. The molecule has 0 unspecified atom stereocenters. The molecular formula is C26H27N5O3. The first-order valence-corrected chi connectivity index (χ1v) is 11.6. The average Bonchev–Trinajstić information content (AvgIpc) is 3.20. The van der Waals surface area contributed by atoms with Gasteiger partial charge in [-0.15, -0.1) is 0 Å². The fourth-order valence-corrected chi connectivity index (χ4v) is 4.37. The van der Waals surface area contributed by atoms with Crippen molar-refractivity contribution in [3.63, 3.8) is 0 Å². The minimum atomic E-state index is -0.399. The summed E-state index contributed by atoms with van der Waals surface area (Å²) in [6.07, 6.45) is 5.29. The Bertz CT molecular complexity index is 1430. The maximum atomic E-state index is 12.6. The zero-order valence-corrected chi connectivity index (χ0v) is 19.1. The molecule has 3 heterocycles. The minimum absolute atomic E-state index is 0.0928. The monoisotopic (exact) mass is 457 g/mol. The Morgan fingerprint density at radius 1 is 1.18 bits per heavy atom. The van der Waals surface area contributed by atoms with E-state index < -0.39 is 5.91 Å². The standard InChI is InChI=1S/C26H27N5O3/c1-17(32)30(15-18-5-4-6-18)16-21-12-20-9-8-19(11-22(20)28-21)14-27-26(34)23-13-25(33)31-10-3-2-7-24(31)29-23/h2-3,7-13,18,28H,4-6,14-16H2,1H3,(H,27,34). The van der Waals surface area contributed by atoms with Crippen molar-refractivity contribution in [1.82, 2.24) is 24.6 Å². The van der Waals surface area contributed by atoms with Crippen molar-refractivity contribution in [3.8, 4) is 0 Å². The molecule has 174 valence electrons. The number of carbonyl (C=O) groups is 2. The van der Waals surface area contributed by atoms with Gasteiger partial charge < -0.3 is 15.2 Å². The molecule has 0 radical (unpaired) electrons. The third kappa shape index (κ3) is 4.57. The van der Waals surface area contributed by atoms with Crippen LogP contribution in [0, 0.1) is 5.92 Å². The van der Waals surface area contributed by atoms with Crippen molar-refractivity contribution in [1.29, 1.82) is 0 Å². The Balaban J connectivity index is 1.27. The summed E-state index contributed by atoms with van der Waals surface area (Å²) in [6, 6.07) is 14.5. The van der Waals surface area contributed by atoms with E-state index in [2.05, 4.69) is 21.4 Å². The van der Waals surface area contributed by atoms with Crippen molar-refractivity contribution in [2.45, 2.75) is 39.3 Å². The lowest BCUT2D eigenvalue weighted by Gasteiger charge is -2.31. The molecule has 5 rings (SSSR count). The van der Waals surface area contributed by atoms with Gasteiger partial charge in [0, 0.05) is 43.5 Å². The molecule has 2 N–H and O–H groups in total. The smallest absolute Gasteiger partial charge is 0.270 e. The normalized spacial score (nSPS) is 13.7. The number of nitrogens with zero attached hydrogens (tertiary/aromatic N) is 3. The van der Waals surface area contributed by atoms with Crippen LogP contribution < -0.4 is 10.9 Å². The van der Waals surface area contributed by atoms with Gasteiger partial charge >= 0.3 is 0 Å². The number of aromatic nitrogens is 3. The highest BCUT2D eigenvalue weighted by atomic mass is 16.2. The number of benzene rings is 1. The summed E-state index contributed by atoms with van der Waals surface area (Å²) in [7, 11) is 0. The quantitative estimate of drug-likeness (QED) is 0.445. The molecule has 0 spiro atoms. The largest absolute Gasteiger partial charge is 0.357 e. The number of hydrogen-bond acceptors (Lipinski definition) is 4. The first-order chi connectivity index (χ1) is 16.5. The summed E-state index contributed by atoms with van der Waals surface area (Å²) in [5.74, 6) is 0.316. The summed E-state index contributed by atoms with van der Waals surface area (Å²) in [6.45, 7) is 3.31. The van der Waals surface area contributed by atoms with Gasteiger partial charge in [-0.3, -0.25) is 18.8 Å². The molecule has 1 aliphatic carbocycles. The summed E-state index contributed by atoms with van der Waals surface area (Å²) < 4.78 is 1.40. The van der Waals surface area contributed by atoms with E-state index in [1.54, 1.807) is 31.3 Å². The van der Waals surface area contributed by atoms with Gasteiger partial charge in [0.25, 0.3) is 11.5 Å². The van der Waals surface area contributed by atoms with E-state index in [9.17, 15) is 14.4 Å². The summed E-state index contributed by atoms with van der Waals surface area (Å²) in [4.78, 5) is 46.6. The molecule has 3 aromatic heterocycles. The van der Waals surface area contributed by atoms with Crippen LogP contribution in [0.1, 0.15) is 47.9 Å². The molecular weight excluding hydrogens is 430 g/mol. The molecule has 0 atom stereocenters. The van der Waals surface area contributed by atoms with Crippen LogP contribution in [0.4, 0.5) is 0 Å². The van der Waals surface area contributed by atoms with E-state index >= 15 is 0 Å². The van der Waals surface area contributed by atoms with Crippen LogP contribution in [-0.2, 0) is 17.9 Å². The maximum absolute atomic E-state index is 12.6. The van der Waals surface area contributed by atoms with Crippen LogP contribution in [-0.4, -0.2) is 37.6 Å². The van der Waals surface area contributed by atoms with Crippen molar-refractivity contribution in [3.05, 3.63) is 82.0 Å². The fourth-order valence-electron chi connectivity index (χ4n) is 4.37. The number of rotatable bonds is 7. The van der Waals surface area contributed by atoms with E-state index in [0.29, 0.717) is 24.7 Å². The van der Waals surface area contributed by atoms with Crippen molar-refractivity contribution >= 4 is 28.4 Å². The lowest BCUT2D eigenvalue weighted by Crippen LogP contribution is -2.35. The Morgan fingerprint density at radius 2 is 2.03 bits per heavy atom. The molecule has 8 nitrogen and oxygen atoms in total. The molecule has 0 saturated heterocycles. The second-order valence-electron chi connectivity index (χ2n) is 9.00. The van der Waals surface area contributed by atoms with E-state index in [1.165, 1.54) is 29.7 Å². The van der Waals surface area contributed by atoms with Gasteiger partial charge in [-0.1, -0.05) is 24.6 Å². The van der Waals surface area contributed by atoms with Crippen molar-refractivity contribution in [2.75, 3.05) is 6.54 Å². The lowest BCUT2D eigenvalue weighted by atomic mass is 9.85. The zero-order valence-electron chi connectivity index (χ0n) is 19.1. The van der Waals surface area contributed by atoms with Gasteiger partial charge in [-0.05, 0) is 54.0 Å². The predicted octanol–water partition coefficient (Wildman–Crippen LogP) is 3.25. The number of H-pyrrole nitrogens is 1. The van der Waals surface area contributed by atoms with Gasteiger partial charge in [0.05, 0.1) is 6.54 Å². The van der Waals surface area contributed by atoms with E-state index in [-0.39, 0.29) is 17.2 Å². The minimum Gasteiger partial charge on any atom is -0.357 e. The highest BCUT2D eigenvalue weighted by Gasteiger charge is 2.22. The van der Waals surface area contributed by atoms with Gasteiger partial charge in [0.15, 0.2) is 0 Å². The average molecular weight is 458 g/mol. The van der Waals surface area contributed by atoms with Crippen LogP contribution in [0.3, 0.4) is 0 Å². The molecule has 1 aromatic carbocycles. The topological polar surface area (TPSA) is 99.6 Å². The van der Waals surface area contributed by atoms with E-state index in [1.807, 2.05) is 23.1 Å². The van der Waals surface area contributed by atoms with Crippen molar-refractivity contribution < 1.29 is 9.59 Å². The second-order valence-corrected chi connectivity index (χ2v) is 9.00. The molecule has 1 aliphatic rings. The van der Waals surface area contributed by atoms with Crippen LogP contribution in [0.2, 0.25) is 0 Å². The molecule has 2 amide bonds. The number of aromatic amines is 1. The Morgan fingerprint density at radius 3 is 2.79 bits per heavy atom. The highest BCUT2D eigenvalue weighted by molar-refractivity contribution is 5.92. The molecule has 34 heavy (non-hydrogen) atoms. The van der Waals surface area contributed by atoms with Crippen LogP contribution in [0.15, 0.2) is 59.5 Å². The SMILES string of the molecule is CC(=O)N(Cc1cc2ccc(CNC(=O)c3cc(=O)n4ccccc4n3)cc2[nH]1)CC1CCC1.